The number of methoxy groups -OCH3 is 1. The number of aromatic amines is 1. The maximum Gasteiger partial charge on any atom is 0.140 e. The van der Waals surface area contributed by atoms with Crippen LogP contribution in [0.5, 0.6) is 5.75 Å². The van der Waals surface area contributed by atoms with Crippen LogP contribution in [-0.4, -0.2) is 26.6 Å². The van der Waals surface area contributed by atoms with Crippen LogP contribution >= 0.6 is 63.7 Å². The van der Waals surface area contributed by atoms with Crippen LogP contribution in [0.15, 0.2) is 170 Å². The molecule has 2 aromatic heterocycles. The molecule has 8 rings (SSSR count). The van der Waals surface area contributed by atoms with E-state index in [0.29, 0.717) is 0 Å². The summed E-state index contributed by atoms with van der Waals surface area (Å²) < 4.78 is 11.7. The van der Waals surface area contributed by atoms with Crippen molar-refractivity contribution in [3.63, 3.8) is 0 Å². The van der Waals surface area contributed by atoms with Crippen LogP contribution in [0.4, 0.5) is 0 Å². The Kier molecular flexibility index (Phi) is 11.6. The Morgan fingerprint density at radius 2 is 0.925 bits per heavy atom. The minimum absolute atomic E-state index is 0.833. The van der Waals surface area contributed by atoms with E-state index in [1.807, 2.05) is 78.9 Å². The second-order valence-corrected chi connectivity index (χ2v) is 15.8. The zero-order chi connectivity index (χ0) is 36.9. The van der Waals surface area contributed by atoms with E-state index in [-0.39, 0.29) is 0 Å². The number of hydrogen-bond acceptors (Lipinski definition) is 3. The van der Waals surface area contributed by atoms with Gasteiger partial charge in [-0.05, 0) is 72.8 Å². The largest absolute Gasteiger partial charge is 0.497 e. The Morgan fingerprint density at radius 3 is 1.43 bits per heavy atom. The zero-order valence-electron chi connectivity index (χ0n) is 28.7. The van der Waals surface area contributed by atoms with Crippen molar-refractivity contribution < 1.29 is 4.74 Å². The molecule has 8 aromatic rings. The fraction of sp³-hybridized carbons (Fsp3) is 0.0455. The fourth-order valence-corrected chi connectivity index (χ4v) is 7.05. The molecule has 0 saturated carbocycles. The molecule has 0 atom stereocenters. The number of halogens is 4. The first kappa shape index (κ1) is 36.8. The molecule has 0 bridgehead atoms. The highest BCUT2D eigenvalue weighted by atomic mass is 79.9. The summed E-state index contributed by atoms with van der Waals surface area (Å²) in [6, 6.07) is 51.3. The van der Waals surface area contributed by atoms with E-state index >= 15 is 0 Å². The molecule has 0 amide bonds. The standard InChI is InChI=1S/C23H18Br2N2O.C21H14Br2N2/c1-27-22(16-5-11-19(25)12-6-16)21(15-3-9-18(24)10-4-15)26-23(27)17-7-13-20(28-2)14-8-17;22-17-10-6-14(7-11-17)19-20(15-8-12-18(23)13-9-15)25-21(24-19)16-4-2-1-3-5-16/h3-14H,1-2H3;1-13H,(H,24,25). The minimum Gasteiger partial charge on any atom is -0.497 e. The van der Waals surface area contributed by atoms with E-state index < -0.39 is 0 Å². The third kappa shape index (κ3) is 8.49. The van der Waals surface area contributed by atoms with Gasteiger partial charge in [0.25, 0.3) is 0 Å². The third-order valence-corrected chi connectivity index (χ3v) is 10.8. The maximum atomic E-state index is 5.29. The molecule has 0 aliphatic rings. The van der Waals surface area contributed by atoms with Gasteiger partial charge < -0.3 is 14.3 Å². The first-order valence-electron chi connectivity index (χ1n) is 16.7. The van der Waals surface area contributed by atoms with Gasteiger partial charge in [-0.2, -0.15) is 0 Å². The summed E-state index contributed by atoms with van der Waals surface area (Å²) in [7, 11) is 3.74. The summed E-state index contributed by atoms with van der Waals surface area (Å²) >= 11 is 14.0. The van der Waals surface area contributed by atoms with Crippen molar-refractivity contribution in [3.8, 4) is 73.6 Å². The van der Waals surface area contributed by atoms with E-state index in [1.54, 1.807) is 7.11 Å². The molecule has 5 nitrogen and oxygen atoms in total. The number of nitrogens with one attached hydrogen (secondary N) is 1. The molecule has 0 unspecified atom stereocenters. The van der Waals surface area contributed by atoms with Gasteiger partial charge in [-0.15, -0.1) is 0 Å². The van der Waals surface area contributed by atoms with Gasteiger partial charge in [0.05, 0.1) is 29.9 Å². The average Bonchev–Trinajstić information content (AvgIpc) is 3.79. The fourth-order valence-electron chi connectivity index (χ4n) is 5.99. The number of benzene rings is 6. The molecule has 1 N–H and O–H groups in total. The van der Waals surface area contributed by atoms with Crippen molar-refractivity contribution in [1.29, 1.82) is 0 Å². The second kappa shape index (κ2) is 16.6. The normalized spacial score (nSPS) is 10.8. The van der Waals surface area contributed by atoms with Crippen molar-refractivity contribution in [2.24, 2.45) is 7.05 Å². The van der Waals surface area contributed by atoms with Gasteiger partial charge in [-0.1, -0.05) is 143 Å². The predicted octanol–water partition coefficient (Wildman–Crippen LogP) is 13.9. The van der Waals surface area contributed by atoms with Crippen molar-refractivity contribution in [2.45, 2.75) is 0 Å². The van der Waals surface area contributed by atoms with Gasteiger partial charge >= 0.3 is 0 Å². The van der Waals surface area contributed by atoms with Crippen molar-refractivity contribution in [3.05, 3.63) is 170 Å². The van der Waals surface area contributed by atoms with E-state index in [2.05, 4.69) is 153 Å². The van der Waals surface area contributed by atoms with Gasteiger partial charge in [-0.25, -0.2) is 9.97 Å². The Labute approximate surface area is 342 Å². The predicted molar refractivity (Wildman–Crippen MR) is 232 cm³/mol. The lowest BCUT2D eigenvalue weighted by atomic mass is 10.0. The molecule has 53 heavy (non-hydrogen) atoms. The van der Waals surface area contributed by atoms with Crippen molar-refractivity contribution in [2.75, 3.05) is 7.11 Å². The van der Waals surface area contributed by atoms with Crippen LogP contribution < -0.4 is 4.74 Å². The van der Waals surface area contributed by atoms with Crippen LogP contribution in [0.3, 0.4) is 0 Å². The molecular weight excluding hydrogens is 920 g/mol. The van der Waals surface area contributed by atoms with Gasteiger partial charge in [0.2, 0.25) is 0 Å². The lowest BCUT2D eigenvalue weighted by molar-refractivity contribution is 0.415. The Hall–Kier alpha value is -4.54. The number of nitrogens with zero attached hydrogens (tertiary/aromatic N) is 3. The number of rotatable bonds is 7. The van der Waals surface area contributed by atoms with E-state index in [4.69, 9.17) is 14.7 Å². The summed E-state index contributed by atoms with van der Waals surface area (Å²) in [6.45, 7) is 0. The number of ether oxygens (including phenoxy) is 1. The number of hydrogen-bond donors (Lipinski definition) is 1. The highest BCUT2D eigenvalue weighted by Crippen LogP contribution is 2.37. The SMILES string of the molecule is Brc1ccc(-c2nc(-c3ccccc3)[nH]c2-c2ccc(Br)cc2)cc1.COc1ccc(-c2nc(-c3ccc(Br)cc3)c(-c3ccc(Br)cc3)n2C)cc1. The number of aromatic nitrogens is 4. The highest BCUT2D eigenvalue weighted by molar-refractivity contribution is 9.11. The molecule has 9 heteroatoms. The first-order chi connectivity index (χ1) is 25.8. The Balaban J connectivity index is 0.000000165. The van der Waals surface area contributed by atoms with Crippen LogP contribution in [0.25, 0.3) is 67.8 Å². The smallest absolute Gasteiger partial charge is 0.140 e. The summed E-state index contributed by atoms with van der Waals surface area (Å²) in [5, 5.41) is 0. The highest BCUT2D eigenvalue weighted by Gasteiger charge is 2.19. The average molecular weight is 952 g/mol. The van der Waals surface area contributed by atoms with Crippen LogP contribution in [0.2, 0.25) is 0 Å². The van der Waals surface area contributed by atoms with E-state index in [9.17, 15) is 0 Å². The lowest BCUT2D eigenvalue weighted by Gasteiger charge is -2.09. The topological polar surface area (TPSA) is 55.7 Å². The lowest BCUT2D eigenvalue weighted by Crippen LogP contribution is -1.96. The molecule has 0 aliphatic heterocycles. The summed E-state index contributed by atoms with van der Waals surface area (Å²) in [6.07, 6.45) is 0. The second-order valence-electron chi connectivity index (χ2n) is 12.1. The van der Waals surface area contributed by atoms with E-state index in [1.165, 1.54) is 0 Å². The van der Waals surface area contributed by atoms with Gasteiger partial charge in [0, 0.05) is 58.3 Å². The van der Waals surface area contributed by atoms with Crippen LogP contribution in [0.1, 0.15) is 0 Å². The van der Waals surface area contributed by atoms with Crippen LogP contribution in [-0.2, 0) is 7.05 Å². The van der Waals surface area contributed by atoms with Crippen molar-refractivity contribution in [1.82, 2.24) is 19.5 Å². The zero-order valence-corrected chi connectivity index (χ0v) is 35.0. The molecule has 0 aliphatic carbocycles. The van der Waals surface area contributed by atoms with Gasteiger partial charge in [0.15, 0.2) is 0 Å². The van der Waals surface area contributed by atoms with Gasteiger partial charge in [0.1, 0.15) is 17.4 Å². The van der Waals surface area contributed by atoms with Gasteiger partial charge in [-0.3, -0.25) is 0 Å². The van der Waals surface area contributed by atoms with Crippen LogP contribution in [0, 0.1) is 0 Å². The molecule has 0 saturated heterocycles. The molecular formula is C44H32Br4N4O. The molecule has 0 fully saturated rings. The summed E-state index contributed by atoms with van der Waals surface area (Å²) in [4.78, 5) is 13.4. The quantitative estimate of drug-likeness (QED) is 0.173. The minimum atomic E-state index is 0.833. The molecule has 2 heterocycles. The Bertz CT molecular complexity index is 2380. The summed E-state index contributed by atoms with van der Waals surface area (Å²) in [5.41, 5.74) is 10.5. The maximum absolute atomic E-state index is 5.29. The molecule has 0 spiro atoms. The number of imidazole rings is 2. The monoisotopic (exact) mass is 948 g/mol. The molecule has 0 radical (unpaired) electrons. The molecule has 6 aromatic carbocycles. The summed E-state index contributed by atoms with van der Waals surface area (Å²) in [5.74, 6) is 2.62. The molecule has 262 valence electrons. The third-order valence-electron chi connectivity index (χ3n) is 8.68. The van der Waals surface area contributed by atoms with E-state index in [0.717, 1.165) is 91.4 Å². The first-order valence-corrected chi connectivity index (χ1v) is 19.8. The van der Waals surface area contributed by atoms with Crippen molar-refractivity contribution >= 4 is 63.7 Å². The number of H-pyrrole nitrogens is 1. The Morgan fingerprint density at radius 1 is 0.472 bits per heavy atom.